The molecule has 4 nitrogen and oxygen atoms in total. The second-order valence-corrected chi connectivity index (χ2v) is 6.41. The van der Waals surface area contributed by atoms with E-state index in [1.54, 1.807) is 0 Å². The van der Waals surface area contributed by atoms with E-state index in [1.807, 2.05) is 32.2 Å². The lowest BCUT2D eigenvalue weighted by Crippen LogP contribution is -2.29. The average molecular weight is 396 g/mol. The molecule has 0 spiro atoms. The van der Waals surface area contributed by atoms with Crippen molar-refractivity contribution in [3.05, 3.63) is 59.7 Å². The van der Waals surface area contributed by atoms with Crippen LogP contribution in [0, 0.1) is 5.92 Å². The van der Waals surface area contributed by atoms with Gasteiger partial charge in [-0.2, -0.15) is 0 Å². The van der Waals surface area contributed by atoms with Crippen molar-refractivity contribution in [3.63, 3.8) is 0 Å². The van der Waals surface area contributed by atoms with Crippen LogP contribution >= 0.6 is 24.8 Å². The molecular formula is C20H27Cl2N3O. The number of amides is 1. The van der Waals surface area contributed by atoms with Crippen molar-refractivity contribution >= 4 is 42.1 Å². The number of benzene rings is 2. The van der Waals surface area contributed by atoms with Gasteiger partial charge in [0.05, 0.1) is 0 Å². The summed E-state index contributed by atoms with van der Waals surface area (Å²) in [5.74, 6) is -0.00538. The van der Waals surface area contributed by atoms with Gasteiger partial charge in [0.2, 0.25) is 5.91 Å². The molecule has 1 aliphatic heterocycles. The Morgan fingerprint density at radius 3 is 2.58 bits per heavy atom. The van der Waals surface area contributed by atoms with Crippen molar-refractivity contribution in [2.45, 2.75) is 19.9 Å². The number of rotatable bonds is 6. The summed E-state index contributed by atoms with van der Waals surface area (Å²) in [5.41, 5.74) is 4.78. The number of para-hydroxylation sites is 2. The maximum atomic E-state index is 12.3. The van der Waals surface area contributed by atoms with Crippen molar-refractivity contribution in [2.24, 2.45) is 5.92 Å². The third kappa shape index (κ3) is 5.13. The first-order valence-corrected chi connectivity index (χ1v) is 8.55. The van der Waals surface area contributed by atoms with E-state index >= 15 is 0 Å². The molecule has 142 valence electrons. The molecule has 2 aromatic rings. The highest BCUT2D eigenvalue weighted by atomic mass is 35.5. The van der Waals surface area contributed by atoms with Crippen LogP contribution in [0.25, 0.3) is 0 Å². The maximum absolute atomic E-state index is 12.3. The summed E-state index contributed by atoms with van der Waals surface area (Å²) in [5, 5.41) is 6.14. The quantitative estimate of drug-likeness (QED) is 0.779. The highest BCUT2D eigenvalue weighted by Gasteiger charge is 2.20. The molecule has 0 fully saturated rings. The Kier molecular flexibility index (Phi) is 8.93. The zero-order valence-corrected chi connectivity index (χ0v) is 16.8. The summed E-state index contributed by atoms with van der Waals surface area (Å²) < 4.78 is 0. The number of carbonyl (C=O) groups excluding carboxylic acids is 1. The molecule has 2 aromatic carbocycles. The standard InChI is InChI=1S/C20H25N3O.2ClH/c1-15(13-21-2)20(24)22-18-9-5-3-8-17(18)14-23-12-11-16-7-4-6-10-19(16)23;;/h3-10,15,21H,11-14H2,1-2H3,(H,22,24);2*1H. The minimum absolute atomic E-state index is 0. The molecule has 0 aliphatic carbocycles. The molecule has 2 N–H and O–H groups in total. The Morgan fingerprint density at radius 1 is 1.12 bits per heavy atom. The van der Waals surface area contributed by atoms with E-state index in [-0.39, 0.29) is 36.6 Å². The first-order chi connectivity index (χ1) is 11.7. The lowest BCUT2D eigenvalue weighted by Gasteiger charge is -2.22. The molecule has 26 heavy (non-hydrogen) atoms. The fraction of sp³-hybridized carbons (Fsp3) is 0.350. The van der Waals surface area contributed by atoms with Gasteiger partial charge in [-0.25, -0.2) is 0 Å². The van der Waals surface area contributed by atoms with Crippen LogP contribution in [0.15, 0.2) is 48.5 Å². The summed E-state index contributed by atoms with van der Waals surface area (Å²) in [6.45, 7) is 4.45. The van der Waals surface area contributed by atoms with Gasteiger partial charge in [0.15, 0.2) is 0 Å². The van der Waals surface area contributed by atoms with Crippen LogP contribution in [0.4, 0.5) is 11.4 Å². The molecule has 1 heterocycles. The van der Waals surface area contributed by atoms with E-state index < -0.39 is 0 Å². The molecule has 3 rings (SSSR count). The number of carbonyl (C=O) groups is 1. The van der Waals surface area contributed by atoms with E-state index in [2.05, 4.69) is 45.9 Å². The first-order valence-electron chi connectivity index (χ1n) is 8.55. The highest BCUT2D eigenvalue weighted by molar-refractivity contribution is 5.93. The van der Waals surface area contributed by atoms with Crippen LogP contribution in [0.3, 0.4) is 0 Å². The van der Waals surface area contributed by atoms with E-state index in [1.165, 1.54) is 11.3 Å². The molecule has 0 saturated heterocycles. The van der Waals surface area contributed by atoms with Gasteiger partial charge in [-0.15, -0.1) is 24.8 Å². The highest BCUT2D eigenvalue weighted by Crippen LogP contribution is 2.30. The summed E-state index contributed by atoms with van der Waals surface area (Å²) >= 11 is 0. The molecule has 0 aromatic heterocycles. The van der Waals surface area contributed by atoms with Gasteiger partial charge >= 0.3 is 0 Å². The lowest BCUT2D eigenvalue weighted by molar-refractivity contribution is -0.119. The monoisotopic (exact) mass is 395 g/mol. The second kappa shape index (κ2) is 10.4. The summed E-state index contributed by atoms with van der Waals surface area (Å²) in [6.07, 6.45) is 1.09. The smallest absolute Gasteiger partial charge is 0.228 e. The molecule has 0 bridgehead atoms. The van der Waals surface area contributed by atoms with Gasteiger partial charge in [0.1, 0.15) is 0 Å². The Balaban J connectivity index is 0.00000169. The number of nitrogens with zero attached hydrogens (tertiary/aromatic N) is 1. The zero-order valence-electron chi connectivity index (χ0n) is 15.2. The zero-order chi connectivity index (χ0) is 16.9. The molecule has 1 atom stereocenters. The predicted molar refractivity (Wildman–Crippen MR) is 114 cm³/mol. The normalized spacial score (nSPS) is 13.2. The van der Waals surface area contributed by atoms with Gasteiger partial charge in [-0.1, -0.05) is 43.3 Å². The van der Waals surface area contributed by atoms with Crippen LogP contribution in [0.1, 0.15) is 18.1 Å². The number of anilines is 2. The molecule has 6 heteroatoms. The summed E-state index contributed by atoms with van der Waals surface area (Å²) in [7, 11) is 1.86. The van der Waals surface area contributed by atoms with Crippen molar-refractivity contribution in [3.8, 4) is 0 Å². The van der Waals surface area contributed by atoms with Crippen molar-refractivity contribution in [2.75, 3.05) is 30.4 Å². The van der Waals surface area contributed by atoms with E-state index in [4.69, 9.17) is 0 Å². The van der Waals surface area contributed by atoms with Crippen molar-refractivity contribution in [1.82, 2.24) is 5.32 Å². The largest absolute Gasteiger partial charge is 0.367 e. The van der Waals surface area contributed by atoms with Crippen LogP contribution in [-0.2, 0) is 17.8 Å². The SMILES string of the molecule is CNCC(C)C(=O)Nc1ccccc1CN1CCc2ccccc21.Cl.Cl. The number of hydrogen-bond donors (Lipinski definition) is 2. The van der Waals surface area contributed by atoms with Crippen molar-refractivity contribution < 1.29 is 4.79 Å². The van der Waals surface area contributed by atoms with Crippen LogP contribution in [-0.4, -0.2) is 26.0 Å². The average Bonchev–Trinajstić information content (AvgIpc) is 3.00. The molecule has 0 saturated carbocycles. The third-order valence-corrected chi connectivity index (χ3v) is 4.58. The van der Waals surface area contributed by atoms with E-state index in [9.17, 15) is 4.79 Å². The topological polar surface area (TPSA) is 44.4 Å². The fourth-order valence-corrected chi connectivity index (χ4v) is 3.21. The summed E-state index contributed by atoms with van der Waals surface area (Å²) in [6, 6.07) is 16.6. The van der Waals surface area contributed by atoms with Crippen molar-refractivity contribution in [1.29, 1.82) is 0 Å². The van der Waals surface area contributed by atoms with Gasteiger partial charge in [0, 0.05) is 36.9 Å². The Hall–Kier alpha value is -1.75. The first kappa shape index (κ1) is 22.3. The molecule has 1 unspecified atom stereocenters. The van der Waals surface area contributed by atoms with E-state index in [0.29, 0.717) is 6.54 Å². The summed E-state index contributed by atoms with van der Waals surface area (Å²) in [4.78, 5) is 14.7. The Labute approximate surface area is 168 Å². The predicted octanol–water partition coefficient (Wildman–Crippen LogP) is 3.89. The van der Waals surface area contributed by atoms with Gasteiger partial charge in [-0.3, -0.25) is 4.79 Å². The van der Waals surface area contributed by atoms with Gasteiger partial charge in [-0.05, 0) is 36.7 Å². The molecule has 1 amide bonds. The molecule has 1 aliphatic rings. The number of hydrogen-bond acceptors (Lipinski definition) is 3. The van der Waals surface area contributed by atoms with Gasteiger partial charge in [0.25, 0.3) is 0 Å². The van der Waals surface area contributed by atoms with Crippen LogP contribution in [0.2, 0.25) is 0 Å². The van der Waals surface area contributed by atoms with Crippen LogP contribution in [0.5, 0.6) is 0 Å². The lowest BCUT2D eigenvalue weighted by atomic mass is 10.1. The maximum Gasteiger partial charge on any atom is 0.228 e. The minimum Gasteiger partial charge on any atom is -0.367 e. The number of fused-ring (bicyclic) bond motifs is 1. The second-order valence-electron chi connectivity index (χ2n) is 6.41. The number of halogens is 2. The third-order valence-electron chi connectivity index (χ3n) is 4.58. The Bertz CT molecular complexity index is 724. The van der Waals surface area contributed by atoms with Gasteiger partial charge < -0.3 is 15.5 Å². The fourth-order valence-electron chi connectivity index (χ4n) is 3.21. The minimum atomic E-state index is -0.0597. The van der Waals surface area contributed by atoms with Crippen LogP contribution < -0.4 is 15.5 Å². The van der Waals surface area contributed by atoms with E-state index in [0.717, 1.165) is 30.8 Å². The molecular weight excluding hydrogens is 369 g/mol. The number of nitrogens with one attached hydrogen (secondary N) is 2. The molecule has 0 radical (unpaired) electrons. The Morgan fingerprint density at radius 2 is 1.81 bits per heavy atom.